The van der Waals surface area contributed by atoms with E-state index in [0.29, 0.717) is 5.92 Å². The van der Waals surface area contributed by atoms with E-state index in [4.69, 9.17) is 4.74 Å². The number of hydrogen-bond acceptors (Lipinski definition) is 7. The van der Waals surface area contributed by atoms with Crippen molar-refractivity contribution in [2.45, 2.75) is 69.9 Å². The van der Waals surface area contributed by atoms with Gasteiger partial charge in [0.25, 0.3) is 5.56 Å². The summed E-state index contributed by atoms with van der Waals surface area (Å²) in [6.45, 7) is 4.14. The van der Waals surface area contributed by atoms with Crippen molar-refractivity contribution in [3.63, 3.8) is 0 Å². The smallest absolute Gasteiger partial charge is 0.297 e. The second kappa shape index (κ2) is 7.43. The van der Waals surface area contributed by atoms with Crippen LogP contribution < -0.4 is 5.56 Å². The molecule has 1 aromatic heterocycles. The van der Waals surface area contributed by atoms with E-state index in [1.165, 1.54) is 0 Å². The Hall–Kier alpha value is -2.16. The first-order valence-electron chi connectivity index (χ1n) is 11.6. The molecule has 9 unspecified atom stereocenters. The summed E-state index contributed by atoms with van der Waals surface area (Å²) in [6.07, 6.45) is 6.25. The second-order valence-corrected chi connectivity index (χ2v) is 10.3. The molecule has 2 heterocycles. The highest BCUT2D eigenvalue weighted by molar-refractivity contribution is 6.01. The average molecular weight is 446 g/mol. The van der Waals surface area contributed by atoms with Gasteiger partial charge in [-0.2, -0.15) is 4.73 Å². The minimum Gasteiger partial charge on any atom is -0.507 e. The molecule has 0 radical (unpaired) electrons. The number of rotatable bonds is 3. The van der Waals surface area contributed by atoms with E-state index in [1.54, 1.807) is 0 Å². The number of aromatic hydroxyl groups is 1. The first kappa shape index (κ1) is 21.7. The third-order valence-electron chi connectivity index (χ3n) is 8.28. The second-order valence-electron chi connectivity index (χ2n) is 10.3. The number of epoxide rings is 1. The van der Waals surface area contributed by atoms with E-state index >= 15 is 0 Å². The van der Waals surface area contributed by atoms with Crippen molar-refractivity contribution in [1.29, 1.82) is 0 Å². The van der Waals surface area contributed by atoms with Gasteiger partial charge in [-0.15, -0.1) is 0 Å². The molecule has 4 aliphatic rings. The molecule has 0 aromatic carbocycles. The minimum atomic E-state index is -1.71. The third kappa shape index (κ3) is 3.15. The fraction of sp³-hybridized carbons (Fsp3) is 0.667. The minimum absolute atomic E-state index is 0.0670. The molecule has 9 atom stereocenters. The maximum absolute atomic E-state index is 13.8. The first-order valence-corrected chi connectivity index (χ1v) is 11.6. The van der Waals surface area contributed by atoms with E-state index in [9.17, 15) is 30.1 Å². The number of aromatic nitrogens is 1. The zero-order chi connectivity index (χ0) is 22.9. The highest BCUT2D eigenvalue weighted by atomic mass is 16.6. The zero-order valence-corrected chi connectivity index (χ0v) is 18.3. The number of nitrogens with zero attached hydrogens (tertiary/aromatic N) is 1. The quantitative estimate of drug-likeness (QED) is 0.242. The van der Waals surface area contributed by atoms with Crippen LogP contribution in [0.25, 0.3) is 0 Å². The summed E-state index contributed by atoms with van der Waals surface area (Å²) in [4.78, 5) is 26.6. The van der Waals surface area contributed by atoms with E-state index in [0.717, 1.165) is 25.5 Å². The van der Waals surface area contributed by atoms with Gasteiger partial charge >= 0.3 is 0 Å². The maximum Gasteiger partial charge on any atom is 0.297 e. The number of hydrogen-bond donors (Lipinski definition) is 4. The Morgan fingerprint density at radius 3 is 2.72 bits per heavy atom. The predicted molar refractivity (Wildman–Crippen MR) is 113 cm³/mol. The van der Waals surface area contributed by atoms with Gasteiger partial charge in [-0.3, -0.25) is 9.59 Å². The van der Waals surface area contributed by atoms with Gasteiger partial charge in [-0.1, -0.05) is 32.4 Å². The molecule has 32 heavy (non-hydrogen) atoms. The molecule has 3 aliphatic carbocycles. The van der Waals surface area contributed by atoms with Crippen LogP contribution in [0.3, 0.4) is 0 Å². The summed E-state index contributed by atoms with van der Waals surface area (Å²) in [6, 6.07) is 0. The van der Waals surface area contributed by atoms with Crippen LogP contribution in [-0.2, 0) is 10.3 Å². The average Bonchev–Trinajstić information content (AvgIpc) is 3.56. The molecule has 8 heteroatoms. The predicted octanol–water partition coefficient (Wildman–Crippen LogP) is 1.96. The fourth-order valence-electron chi connectivity index (χ4n) is 6.44. The molecule has 4 N–H and O–H groups in total. The van der Waals surface area contributed by atoms with Gasteiger partial charge in [0.2, 0.25) is 0 Å². The van der Waals surface area contributed by atoms with Gasteiger partial charge < -0.3 is 25.3 Å². The van der Waals surface area contributed by atoms with Crippen LogP contribution >= 0.6 is 0 Å². The molecule has 8 nitrogen and oxygen atoms in total. The van der Waals surface area contributed by atoms with Gasteiger partial charge in [0, 0.05) is 11.5 Å². The number of Topliss-reactive ketones (excluding diaryl/α,β-unsaturated/α-hetero) is 1. The topological polar surface area (TPSA) is 133 Å². The Bertz CT molecular complexity index is 1030. The van der Waals surface area contributed by atoms with Crippen molar-refractivity contribution in [3.05, 3.63) is 39.8 Å². The number of pyridine rings is 1. The largest absolute Gasteiger partial charge is 0.507 e. The molecular weight excluding hydrogens is 414 g/mol. The van der Waals surface area contributed by atoms with Crippen LogP contribution in [-0.4, -0.2) is 49.4 Å². The molecule has 174 valence electrons. The number of aliphatic hydroxyl groups excluding tert-OH is 1. The molecule has 0 amide bonds. The summed E-state index contributed by atoms with van der Waals surface area (Å²) < 4.78 is 5.70. The highest BCUT2D eigenvalue weighted by Gasteiger charge is 2.62. The normalized spacial score (nSPS) is 42.8. The molecule has 1 aliphatic heterocycles. The summed E-state index contributed by atoms with van der Waals surface area (Å²) >= 11 is 0. The SMILES string of the molecule is CC1CCC2C(C=CC(C)C2C(=O)c2c(O)c(C3(O)CCC(O)C4OC43)cn(O)c2=O)C1. The van der Waals surface area contributed by atoms with E-state index in [1.807, 2.05) is 13.0 Å². The molecule has 1 aromatic rings. The lowest BCUT2D eigenvalue weighted by atomic mass is 9.61. The lowest BCUT2D eigenvalue weighted by molar-refractivity contribution is -0.0246. The summed E-state index contributed by atoms with van der Waals surface area (Å²) in [5.41, 5.74) is -3.30. The van der Waals surface area contributed by atoms with Gasteiger partial charge in [-0.25, -0.2) is 0 Å². The van der Waals surface area contributed by atoms with Crippen LogP contribution in [0.2, 0.25) is 0 Å². The van der Waals surface area contributed by atoms with Crippen molar-refractivity contribution >= 4 is 5.78 Å². The molecule has 3 fully saturated rings. The van der Waals surface area contributed by atoms with Gasteiger partial charge in [0.1, 0.15) is 29.1 Å². The standard InChI is InChI=1S/C24H31NO7/c1-11-3-6-14-13(9-11)5-4-12(2)17(14)20(28)18-19(27)15(10-25(31)23(18)29)24(30)8-7-16(26)21-22(24)32-21/h4-5,10-14,16-17,21-22,26-27,30-31H,3,6-9H2,1-2H3. The Balaban J connectivity index is 1.56. The summed E-state index contributed by atoms with van der Waals surface area (Å²) in [5, 5.41) is 42.7. The van der Waals surface area contributed by atoms with Crippen LogP contribution in [0.4, 0.5) is 0 Å². The lowest BCUT2D eigenvalue weighted by Gasteiger charge is -2.42. The number of carbonyl (C=O) groups is 1. The molecule has 1 saturated heterocycles. The Kier molecular flexibility index (Phi) is 5.03. The Morgan fingerprint density at radius 2 is 1.97 bits per heavy atom. The number of allylic oxidation sites excluding steroid dienone is 2. The molecule has 5 rings (SSSR count). The summed E-state index contributed by atoms with van der Waals surface area (Å²) in [5.74, 6) is -0.812. The zero-order valence-electron chi connectivity index (χ0n) is 18.3. The molecule has 0 spiro atoms. The van der Waals surface area contributed by atoms with Gasteiger partial charge in [-0.05, 0) is 49.4 Å². The third-order valence-corrected chi connectivity index (χ3v) is 8.28. The number of ether oxygens (including phenoxy) is 1. The van der Waals surface area contributed by atoms with Crippen molar-refractivity contribution < 1.29 is 30.1 Å². The number of carbonyl (C=O) groups excluding carboxylic acids is 1. The lowest BCUT2D eigenvalue weighted by Crippen LogP contribution is -2.44. The van der Waals surface area contributed by atoms with Gasteiger partial charge in [0.05, 0.1) is 12.3 Å². The van der Waals surface area contributed by atoms with Crippen LogP contribution in [0.1, 0.15) is 61.9 Å². The Labute approximate surface area is 186 Å². The first-order chi connectivity index (χ1) is 15.1. The number of ketones is 1. The van der Waals surface area contributed by atoms with Gasteiger partial charge in [0.15, 0.2) is 5.78 Å². The van der Waals surface area contributed by atoms with Crippen LogP contribution in [0.5, 0.6) is 5.75 Å². The van der Waals surface area contributed by atoms with Crippen molar-refractivity contribution in [3.8, 4) is 5.75 Å². The van der Waals surface area contributed by atoms with E-state index < -0.39 is 52.5 Å². The van der Waals surface area contributed by atoms with E-state index in [2.05, 4.69) is 13.0 Å². The highest BCUT2D eigenvalue weighted by Crippen LogP contribution is 2.52. The van der Waals surface area contributed by atoms with Crippen molar-refractivity contribution in [2.75, 3.05) is 0 Å². The fourth-order valence-corrected chi connectivity index (χ4v) is 6.44. The number of fused-ring (bicyclic) bond motifs is 2. The summed E-state index contributed by atoms with van der Waals surface area (Å²) in [7, 11) is 0. The van der Waals surface area contributed by atoms with Crippen molar-refractivity contribution in [2.24, 2.45) is 29.6 Å². The van der Waals surface area contributed by atoms with Crippen molar-refractivity contribution in [1.82, 2.24) is 4.73 Å². The Morgan fingerprint density at radius 1 is 1.22 bits per heavy atom. The molecule has 2 saturated carbocycles. The number of aliphatic hydroxyl groups is 2. The maximum atomic E-state index is 13.8. The monoisotopic (exact) mass is 445 g/mol. The van der Waals surface area contributed by atoms with E-state index in [-0.39, 0.29) is 40.9 Å². The molecular formula is C24H31NO7. The van der Waals surface area contributed by atoms with Crippen LogP contribution in [0, 0.1) is 29.6 Å². The molecule has 0 bridgehead atoms. The van der Waals surface area contributed by atoms with Crippen LogP contribution in [0.15, 0.2) is 23.1 Å².